The van der Waals surface area contributed by atoms with Crippen LogP contribution in [0.1, 0.15) is 44.4 Å². The van der Waals surface area contributed by atoms with E-state index in [0.717, 1.165) is 10.5 Å². The molecule has 1 saturated heterocycles. The number of amides is 4. The Morgan fingerprint density at radius 3 is 2.22 bits per heavy atom. The Kier molecular flexibility index (Phi) is 6.92. The van der Waals surface area contributed by atoms with Gasteiger partial charge in [0.1, 0.15) is 12.1 Å². The van der Waals surface area contributed by atoms with E-state index < -0.39 is 42.0 Å². The van der Waals surface area contributed by atoms with Gasteiger partial charge in [-0.15, -0.1) is 0 Å². The van der Waals surface area contributed by atoms with Gasteiger partial charge in [-0.2, -0.15) is 0 Å². The maximum atomic E-state index is 13.1. The highest BCUT2D eigenvalue weighted by Gasteiger charge is 2.51. The van der Waals surface area contributed by atoms with E-state index in [1.165, 1.54) is 6.92 Å². The van der Waals surface area contributed by atoms with Gasteiger partial charge in [0.2, 0.25) is 0 Å². The zero-order chi connectivity index (χ0) is 23.3. The van der Waals surface area contributed by atoms with Crippen LogP contribution >= 0.6 is 0 Å². The highest BCUT2D eigenvalue weighted by molar-refractivity contribution is 6.09. The number of carbonyl (C=O) groups is 4. The number of esters is 1. The van der Waals surface area contributed by atoms with E-state index in [1.54, 1.807) is 31.2 Å². The lowest BCUT2D eigenvalue weighted by atomic mass is 9.87. The van der Waals surface area contributed by atoms with Crippen molar-refractivity contribution in [2.45, 2.75) is 44.9 Å². The van der Waals surface area contributed by atoms with Gasteiger partial charge in [0.25, 0.3) is 11.8 Å². The minimum absolute atomic E-state index is 0.271. The smallest absolute Gasteiger partial charge is 0.327 e. The first-order valence-electron chi connectivity index (χ1n) is 10.5. The molecule has 2 aromatic carbocycles. The fraction of sp³-hybridized carbons (Fsp3) is 0.333. The van der Waals surface area contributed by atoms with Gasteiger partial charge in [-0.25, -0.2) is 4.79 Å². The third kappa shape index (κ3) is 4.64. The Morgan fingerprint density at radius 1 is 1.03 bits per heavy atom. The van der Waals surface area contributed by atoms with E-state index in [9.17, 15) is 19.2 Å². The van der Waals surface area contributed by atoms with Crippen molar-refractivity contribution in [2.75, 3.05) is 6.54 Å². The van der Waals surface area contributed by atoms with Crippen LogP contribution in [0, 0.1) is 0 Å². The van der Waals surface area contributed by atoms with Gasteiger partial charge in [0, 0.05) is 0 Å². The van der Waals surface area contributed by atoms with Crippen LogP contribution in [0.5, 0.6) is 0 Å². The third-order valence-corrected chi connectivity index (χ3v) is 5.60. The summed E-state index contributed by atoms with van der Waals surface area (Å²) < 4.78 is 5.19. The molecule has 1 heterocycles. The maximum absolute atomic E-state index is 13.1. The van der Waals surface area contributed by atoms with Crippen molar-refractivity contribution in [2.24, 2.45) is 0 Å². The molecule has 1 aliphatic rings. The van der Waals surface area contributed by atoms with Crippen molar-refractivity contribution in [1.82, 2.24) is 15.5 Å². The number of nitrogens with zero attached hydrogens (tertiary/aromatic N) is 1. The molecule has 0 bridgehead atoms. The number of benzene rings is 2. The number of hydrogen-bond donors (Lipinski definition) is 2. The van der Waals surface area contributed by atoms with E-state index in [-0.39, 0.29) is 6.04 Å². The first-order chi connectivity index (χ1) is 15.3. The molecule has 8 nitrogen and oxygen atoms in total. The lowest BCUT2D eigenvalue weighted by Gasteiger charge is -2.25. The van der Waals surface area contributed by atoms with Crippen LogP contribution in [0.3, 0.4) is 0 Å². The average molecular weight is 437 g/mol. The normalized spacial score (nSPS) is 19.8. The molecule has 2 N–H and O–H groups in total. The van der Waals surface area contributed by atoms with Crippen LogP contribution in [0.25, 0.3) is 0 Å². The summed E-state index contributed by atoms with van der Waals surface area (Å²) in [5.41, 5.74) is 0.321. The van der Waals surface area contributed by atoms with Crippen molar-refractivity contribution in [3.63, 3.8) is 0 Å². The van der Waals surface area contributed by atoms with Crippen molar-refractivity contribution in [3.8, 4) is 0 Å². The lowest BCUT2D eigenvalue weighted by Crippen LogP contribution is -2.44. The summed E-state index contributed by atoms with van der Waals surface area (Å²) in [6, 6.07) is 17.3. The summed E-state index contributed by atoms with van der Waals surface area (Å²) >= 11 is 0. The summed E-state index contributed by atoms with van der Waals surface area (Å²) in [7, 11) is 0. The molecular weight excluding hydrogens is 410 g/mol. The fourth-order valence-electron chi connectivity index (χ4n) is 3.70. The van der Waals surface area contributed by atoms with Crippen molar-refractivity contribution < 1.29 is 23.9 Å². The minimum Gasteiger partial charge on any atom is -0.451 e. The number of imide groups is 1. The molecule has 168 valence electrons. The maximum Gasteiger partial charge on any atom is 0.327 e. The van der Waals surface area contributed by atoms with Crippen molar-refractivity contribution >= 4 is 23.8 Å². The number of hydrogen-bond acceptors (Lipinski definition) is 5. The summed E-state index contributed by atoms with van der Waals surface area (Å²) in [6.45, 7) is 4.47. The molecule has 1 aliphatic heterocycles. The van der Waals surface area contributed by atoms with E-state index in [2.05, 4.69) is 10.6 Å². The molecule has 0 saturated carbocycles. The van der Waals surface area contributed by atoms with E-state index >= 15 is 0 Å². The van der Waals surface area contributed by atoms with Crippen LogP contribution in [-0.4, -0.2) is 41.4 Å². The Balaban J connectivity index is 1.61. The molecule has 0 aromatic heterocycles. The molecule has 8 heteroatoms. The van der Waals surface area contributed by atoms with E-state index in [4.69, 9.17) is 4.74 Å². The predicted octanol–water partition coefficient (Wildman–Crippen LogP) is 2.65. The molecule has 4 amide bonds. The molecular formula is C24H27N3O5. The van der Waals surface area contributed by atoms with Crippen LogP contribution in [0.2, 0.25) is 0 Å². The van der Waals surface area contributed by atoms with Crippen LogP contribution in [0.4, 0.5) is 4.79 Å². The second kappa shape index (κ2) is 9.64. The molecule has 0 radical (unpaired) electrons. The zero-order valence-corrected chi connectivity index (χ0v) is 18.3. The van der Waals surface area contributed by atoms with Crippen molar-refractivity contribution in [1.29, 1.82) is 0 Å². The Bertz CT molecular complexity index is 995. The second-order valence-electron chi connectivity index (χ2n) is 7.72. The highest BCUT2D eigenvalue weighted by Crippen LogP contribution is 2.32. The van der Waals surface area contributed by atoms with Gasteiger partial charge in [0.15, 0.2) is 6.10 Å². The van der Waals surface area contributed by atoms with Crippen molar-refractivity contribution in [3.05, 3.63) is 71.8 Å². The first kappa shape index (κ1) is 23.0. The third-order valence-electron chi connectivity index (χ3n) is 5.60. The molecule has 32 heavy (non-hydrogen) atoms. The summed E-state index contributed by atoms with van der Waals surface area (Å²) in [4.78, 5) is 51.2. The molecule has 3 rings (SSSR count). The largest absolute Gasteiger partial charge is 0.451 e. The van der Waals surface area contributed by atoms with Gasteiger partial charge in [0.05, 0.1) is 6.04 Å². The Morgan fingerprint density at radius 2 is 1.62 bits per heavy atom. The molecule has 2 aromatic rings. The zero-order valence-electron chi connectivity index (χ0n) is 18.3. The predicted molar refractivity (Wildman–Crippen MR) is 117 cm³/mol. The topological polar surface area (TPSA) is 105 Å². The van der Waals surface area contributed by atoms with Gasteiger partial charge in [-0.3, -0.25) is 19.3 Å². The molecule has 1 fully saturated rings. The van der Waals surface area contributed by atoms with Crippen LogP contribution < -0.4 is 10.6 Å². The number of urea groups is 1. The van der Waals surface area contributed by atoms with E-state index in [0.29, 0.717) is 12.0 Å². The van der Waals surface area contributed by atoms with Crippen LogP contribution in [0.15, 0.2) is 60.7 Å². The van der Waals surface area contributed by atoms with Gasteiger partial charge in [-0.1, -0.05) is 67.6 Å². The van der Waals surface area contributed by atoms with E-state index in [1.807, 2.05) is 43.3 Å². The Labute approximate surface area is 186 Å². The average Bonchev–Trinajstić information content (AvgIpc) is 3.05. The lowest BCUT2D eigenvalue weighted by molar-refractivity contribution is -0.157. The number of carbonyl (C=O) groups excluding carboxylic acids is 4. The minimum atomic E-state index is -1.23. The molecule has 0 spiro atoms. The van der Waals surface area contributed by atoms with Gasteiger partial charge < -0.3 is 15.4 Å². The fourth-order valence-corrected chi connectivity index (χ4v) is 3.70. The first-order valence-corrected chi connectivity index (χ1v) is 10.5. The summed E-state index contributed by atoms with van der Waals surface area (Å²) in [6.07, 6.45) is -0.761. The highest BCUT2D eigenvalue weighted by atomic mass is 16.5. The second-order valence-corrected chi connectivity index (χ2v) is 7.72. The summed E-state index contributed by atoms with van der Waals surface area (Å²) in [5.74, 6) is -1.84. The van der Waals surface area contributed by atoms with Gasteiger partial charge in [-0.05, 0) is 31.4 Å². The number of rotatable bonds is 8. The molecule has 3 unspecified atom stereocenters. The standard InChI is InChI=1S/C24H27N3O5/c1-4-24(19-13-9-6-10-14-19)22(30)27(23(31)26-24)15-20(28)32-17(3)21(29)25-16(2)18-11-7-5-8-12-18/h5-14,16-17H,4,15H2,1-3H3,(H,25,29)(H,26,31). The quantitative estimate of drug-likeness (QED) is 0.488. The number of ether oxygens (including phenoxy) is 1. The van der Waals surface area contributed by atoms with Crippen LogP contribution in [-0.2, 0) is 24.7 Å². The Hall–Kier alpha value is -3.68. The monoisotopic (exact) mass is 437 g/mol. The summed E-state index contributed by atoms with van der Waals surface area (Å²) in [5, 5.41) is 5.49. The van der Waals surface area contributed by atoms with Gasteiger partial charge >= 0.3 is 12.0 Å². The SMILES string of the molecule is CCC1(c2ccccc2)NC(=O)N(CC(=O)OC(C)C(=O)NC(C)c2ccccc2)C1=O. The molecule has 0 aliphatic carbocycles. The number of nitrogens with one attached hydrogen (secondary N) is 2. The molecule has 3 atom stereocenters.